The van der Waals surface area contributed by atoms with Gasteiger partial charge in [-0.25, -0.2) is 0 Å². The van der Waals surface area contributed by atoms with Crippen LogP contribution in [-0.4, -0.2) is 48.7 Å². The summed E-state index contributed by atoms with van der Waals surface area (Å²) in [5.74, 6) is 1.37. The summed E-state index contributed by atoms with van der Waals surface area (Å²) in [6.45, 7) is 5.20. The number of aromatic nitrogens is 6. The molecule has 0 spiro atoms. The molecule has 0 radical (unpaired) electrons. The Balaban J connectivity index is 1.10. The maximum absolute atomic E-state index is 12.1. The number of fused-ring (bicyclic) bond motifs is 1. The Labute approximate surface area is 214 Å². The van der Waals surface area contributed by atoms with E-state index in [-0.39, 0.29) is 5.91 Å². The molecule has 0 saturated heterocycles. The third-order valence-electron chi connectivity index (χ3n) is 5.79. The van der Waals surface area contributed by atoms with Crippen LogP contribution in [0.3, 0.4) is 0 Å². The van der Waals surface area contributed by atoms with Gasteiger partial charge in [-0.2, -0.15) is 14.7 Å². The van der Waals surface area contributed by atoms with E-state index in [1.54, 1.807) is 21.6 Å². The van der Waals surface area contributed by atoms with E-state index in [4.69, 9.17) is 9.84 Å². The molecule has 37 heavy (non-hydrogen) atoms. The van der Waals surface area contributed by atoms with Gasteiger partial charge in [0.05, 0.1) is 18.8 Å². The molecule has 0 aliphatic heterocycles. The summed E-state index contributed by atoms with van der Waals surface area (Å²) in [4.78, 5) is 12.1. The van der Waals surface area contributed by atoms with Gasteiger partial charge < -0.3 is 10.1 Å². The van der Waals surface area contributed by atoms with Crippen LogP contribution in [0.15, 0.2) is 97.3 Å². The number of carbonyl (C=O) groups excluding carboxylic acids is 1. The molecule has 0 unspecified atom stereocenters. The van der Waals surface area contributed by atoms with E-state index < -0.39 is 0 Å². The quantitative estimate of drug-likeness (QED) is 0.222. The van der Waals surface area contributed by atoms with Gasteiger partial charge in [-0.05, 0) is 42.3 Å². The molecule has 0 bridgehead atoms. The minimum atomic E-state index is -0.175. The van der Waals surface area contributed by atoms with Crippen LogP contribution in [0.25, 0.3) is 16.9 Å². The Bertz CT molecular complexity index is 1480. The molecule has 186 valence electrons. The predicted molar refractivity (Wildman–Crippen MR) is 140 cm³/mol. The highest BCUT2D eigenvalue weighted by Crippen LogP contribution is 2.19. The van der Waals surface area contributed by atoms with Crippen LogP contribution in [0.1, 0.15) is 17.8 Å². The maximum Gasteiger partial charge on any atom is 0.248 e. The van der Waals surface area contributed by atoms with Gasteiger partial charge in [0.25, 0.3) is 0 Å². The third-order valence-corrected chi connectivity index (χ3v) is 5.79. The first-order valence-corrected chi connectivity index (χ1v) is 12.1. The van der Waals surface area contributed by atoms with Gasteiger partial charge in [-0.15, -0.1) is 10.2 Å². The smallest absolute Gasteiger partial charge is 0.248 e. The van der Waals surface area contributed by atoms with Crippen molar-refractivity contribution in [3.8, 4) is 17.0 Å². The fourth-order valence-corrected chi connectivity index (χ4v) is 3.84. The number of benzene rings is 2. The lowest BCUT2D eigenvalue weighted by Gasteiger charge is -2.09. The van der Waals surface area contributed by atoms with Crippen LogP contribution in [0.5, 0.6) is 5.75 Å². The standard InChI is InChI=1S/C28H27N7O2/c1-21(20-34-17-5-16-30-34)28(36)29-15-6-18-37-24-11-9-22(10-12-24)19-27-32-31-26-14-13-25(33-35(26)27)23-7-3-2-4-8-23/h2-5,7-14,16-17H,1,6,15,18-20H2,(H,29,36). The van der Waals surface area contributed by atoms with E-state index in [1.165, 1.54) is 0 Å². The van der Waals surface area contributed by atoms with Crippen LogP contribution in [0, 0.1) is 0 Å². The number of hydrogen-bond acceptors (Lipinski definition) is 6. The summed E-state index contributed by atoms with van der Waals surface area (Å²) in [6, 6.07) is 23.6. The fourth-order valence-electron chi connectivity index (χ4n) is 3.84. The number of nitrogens with one attached hydrogen (secondary N) is 1. The van der Waals surface area contributed by atoms with Crippen molar-refractivity contribution in [2.45, 2.75) is 19.4 Å². The second-order valence-electron chi connectivity index (χ2n) is 8.56. The van der Waals surface area contributed by atoms with Gasteiger partial charge in [0.2, 0.25) is 5.91 Å². The molecule has 3 heterocycles. The molecular formula is C28H27N7O2. The molecule has 9 nitrogen and oxygen atoms in total. The van der Waals surface area contributed by atoms with Crippen LogP contribution in [-0.2, 0) is 17.8 Å². The number of carbonyl (C=O) groups is 1. The first-order chi connectivity index (χ1) is 18.2. The summed E-state index contributed by atoms with van der Waals surface area (Å²) in [5, 5.41) is 20.3. The summed E-state index contributed by atoms with van der Waals surface area (Å²) < 4.78 is 9.29. The highest BCUT2D eigenvalue weighted by Gasteiger charge is 2.10. The van der Waals surface area contributed by atoms with Crippen molar-refractivity contribution < 1.29 is 9.53 Å². The molecule has 2 aromatic carbocycles. The number of hydrogen-bond donors (Lipinski definition) is 1. The van der Waals surface area contributed by atoms with Crippen LogP contribution >= 0.6 is 0 Å². The zero-order valence-electron chi connectivity index (χ0n) is 20.3. The molecule has 5 rings (SSSR count). The van der Waals surface area contributed by atoms with Crippen molar-refractivity contribution in [2.75, 3.05) is 13.2 Å². The van der Waals surface area contributed by atoms with Gasteiger partial charge in [0, 0.05) is 36.5 Å². The summed E-state index contributed by atoms with van der Waals surface area (Å²) in [5.41, 5.74) is 4.18. The summed E-state index contributed by atoms with van der Waals surface area (Å²) in [6.07, 6.45) is 4.75. The number of ether oxygens (including phenoxy) is 1. The lowest BCUT2D eigenvalue weighted by atomic mass is 10.1. The minimum absolute atomic E-state index is 0.175. The average molecular weight is 494 g/mol. The SMILES string of the molecule is C=C(Cn1cccn1)C(=O)NCCCOc1ccc(Cc2nnc3ccc(-c4ccccc4)nn23)cc1. The van der Waals surface area contributed by atoms with Crippen LogP contribution in [0.2, 0.25) is 0 Å². The normalized spacial score (nSPS) is 10.9. The van der Waals surface area contributed by atoms with Gasteiger partial charge in [0.1, 0.15) is 5.75 Å². The van der Waals surface area contributed by atoms with Gasteiger partial charge in [-0.1, -0.05) is 49.0 Å². The van der Waals surface area contributed by atoms with Crippen molar-refractivity contribution in [1.29, 1.82) is 0 Å². The Morgan fingerprint density at radius 1 is 0.973 bits per heavy atom. The molecule has 0 aliphatic carbocycles. The van der Waals surface area contributed by atoms with Crippen molar-refractivity contribution in [1.82, 2.24) is 34.9 Å². The minimum Gasteiger partial charge on any atom is -0.494 e. The number of rotatable bonds is 11. The predicted octanol–water partition coefficient (Wildman–Crippen LogP) is 3.72. The fraction of sp³-hybridized carbons (Fsp3) is 0.179. The second-order valence-corrected chi connectivity index (χ2v) is 8.56. The summed E-state index contributed by atoms with van der Waals surface area (Å²) in [7, 11) is 0. The molecule has 1 N–H and O–H groups in total. The lowest BCUT2D eigenvalue weighted by molar-refractivity contribution is -0.117. The molecule has 1 amide bonds. The largest absolute Gasteiger partial charge is 0.494 e. The van der Waals surface area contributed by atoms with Crippen molar-refractivity contribution >= 4 is 11.6 Å². The van der Waals surface area contributed by atoms with Gasteiger partial charge in [0.15, 0.2) is 11.5 Å². The number of nitrogens with zero attached hydrogens (tertiary/aromatic N) is 6. The highest BCUT2D eigenvalue weighted by atomic mass is 16.5. The highest BCUT2D eigenvalue weighted by molar-refractivity contribution is 5.92. The monoisotopic (exact) mass is 493 g/mol. The third kappa shape index (κ3) is 6.07. The second kappa shape index (κ2) is 11.3. The molecule has 9 heteroatoms. The van der Waals surface area contributed by atoms with Crippen molar-refractivity contribution in [2.24, 2.45) is 0 Å². The topological polar surface area (TPSA) is 99.2 Å². The van der Waals surface area contributed by atoms with Gasteiger partial charge in [-0.3, -0.25) is 9.48 Å². The van der Waals surface area contributed by atoms with E-state index >= 15 is 0 Å². The van der Waals surface area contributed by atoms with E-state index in [0.717, 1.165) is 28.4 Å². The zero-order valence-corrected chi connectivity index (χ0v) is 20.3. The Morgan fingerprint density at radius 2 is 1.81 bits per heavy atom. The van der Waals surface area contributed by atoms with E-state index in [1.807, 2.05) is 72.8 Å². The maximum atomic E-state index is 12.1. The first-order valence-electron chi connectivity index (χ1n) is 12.1. The lowest BCUT2D eigenvalue weighted by Crippen LogP contribution is -2.28. The molecule has 0 saturated carbocycles. The molecule has 0 aliphatic rings. The molecule has 3 aromatic heterocycles. The number of amides is 1. The molecule has 0 fully saturated rings. The average Bonchev–Trinajstić information content (AvgIpc) is 3.59. The first kappa shape index (κ1) is 23.9. The van der Waals surface area contributed by atoms with Crippen molar-refractivity contribution in [3.05, 3.63) is 109 Å². The molecular weight excluding hydrogens is 466 g/mol. The molecule has 0 atom stereocenters. The van der Waals surface area contributed by atoms with E-state index in [0.29, 0.717) is 43.8 Å². The Kier molecular flexibility index (Phi) is 7.31. The molecule has 5 aromatic rings. The van der Waals surface area contributed by atoms with Crippen LogP contribution in [0.4, 0.5) is 0 Å². The van der Waals surface area contributed by atoms with Crippen molar-refractivity contribution in [3.63, 3.8) is 0 Å². The Hall–Kier alpha value is -4.79. The summed E-state index contributed by atoms with van der Waals surface area (Å²) >= 11 is 0. The van der Waals surface area contributed by atoms with Gasteiger partial charge >= 0.3 is 0 Å². The van der Waals surface area contributed by atoms with E-state index in [2.05, 4.69) is 27.2 Å². The van der Waals surface area contributed by atoms with Crippen LogP contribution < -0.4 is 10.1 Å². The zero-order chi connectivity index (χ0) is 25.5. The van der Waals surface area contributed by atoms with E-state index in [9.17, 15) is 4.79 Å². The Morgan fingerprint density at radius 3 is 2.59 bits per heavy atom.